The smallest absolute Gasteiger partial charge is 0.415 e. The van der Waals surface area contributed by atoms with Crippen LogP contribution in [0.4, 0.5) is 4.79 Å². The highest BCUT2D eigenvalue weighted by Gasteiger charge is 2.35. The van der Waals surface area contributed by atoms with Crippen LogP contribution in [0.1, 0.15) is 11.7 Å². The Kier molecular flexibility index (Phi) is 2.22. The van der Waals surface area contributed by atoms with Gasteiger partial charge in [0.1, 0.15) is 0 Å². The molecule has 1 aromatic rings. The van der Waals surface area contributed by atoms with Crippen LogP contribution in [0.15, 0.2) is 16.6 Å². The minimum atomic E-state index is -0.937. The van der Waals surface area contributed by atoms with Gasteiger partial charge in [0.25, 0.3) is 5.91 Å². The molecule has 0 saturated carbocycles. The third kappa shape index (κ3) is 1.62. The molecule has 1 saturated heterocycles. The van der Waals surface area contributed by atoms with Crippen LogP contribution < -0.4 is 14.8 Å². The van der Waals surface area contributed by atoms with Crippen molar-refractivity contribution in [1.29, 1.82) is 0 Å². The first-order valence-electron chi connectivity index (χ1n) is 4.75. The van der Waals surface area contributed by atoms with Gasteiger partial charge in [0.05, 0.1) is 4.47 Å². The number of carbonyl (C=O) groups excluding carboxylic acids is 2. The summed E-state index contributed by atoms with van der Waals surface area (Å²) in [6.07, 6.45) is -1.68. The summed E-state index contributed by atoms with van der Waals surface area (Å²) in [6.45, 7) is 0.133. The largest absolute Gasteiger partial charge is 0.454 e. The highest BCUT2D eigenvalue weighted by Crippen LogP contribution is 2.42. The molecule has 6 nitrogen and oxygen atoms in total. The minimum Gasteiger partial charge on any atom is -0.454 e. The third-order valence-electron chi connectivity index (χ3n) is 2.44. The topological polar surface area (TPSA) is 73.9 Å². The fraction of sp³-hybridized carbons (Fsp3) is 0.200. The second kappa shape index (κ2) is 3.63. The van der Waals surface area contributed by atoms with E-state index in [1.54, 1.807) is 12.1 Å². The Balaban J connectivity index is 2.02. The summed E-state index contributed by atoms with van der Waals surface area (Å²) in [7, 11) is 0. The number of benzene rings is 1. The molecular weight excluding hydrogens is 294 g/mol. The summed E-state index contributed by atoms with van der Waals surface area (Å²) in [6, 6.07) is 3.28. The monoisotopic (exact) mass is 299 g/mol. The van der Waals surface area contributed by atoms with Gasteiger partial charge >= 0.3 is 6.09 Å². The van der Waals surface area contributed by atoms with E-state index in [4.69, 9.17) is 14.2 Å². The standard InChI is InChI=1S/C10H6BrNO5/c11-5-1-4(2-6-8(5)16-3-15-6)7-9(13)12-10(14)17-7/h1-2,7H,3H2,(H,12,13,14). The van der Waals surface area contributed by atoms with E-state index in [0.29, 0.717) is 21.5 Å². The fourth-order valence-electron chi connectivity index (χ4n) is 1.71. The maximum absolute atomic E-state index is 11.5. The van der Waals surface area contributed by atoms with Crippen molar-refractivity contribution in [3.8, 4) is 11.5 Å². The summed E-state index contributed by atoms with van der Waals surface area (Å²) in [5.74, 6) is 0.615. The zero-order valence-corrected chi connectivity index (χ0v) is 9.94. The van der Waals surface area contributed by atoms with E-state index in [0.717, 1.165) is 0 Å². The van der Waals surface area contributed by atoms with Crippen molar-refractivity contribution < 1.29 is 23.8 Å². The number of carbonyl (C=O) groups is 2. The molecule has 17 heavy (non-hydrogen) atoms. The molecule has 1 unspecified atom stereocenters. The highest BCUT2D eigenvalue weighted by atomic mass is 79.9. The average molecular weight is 300 g/mol. The molecule has 1 fully saturated rings. The predicted octanol–water partition coefficient (Wildman–Crippen LogP) is 1.49. The molecule has 2 aliphatic heterocycles. The van der Waals surface area contributed by atoms with Crippen LogP contribution in [0.2, 0.25) is 0 Å². The van der Waals surface area contributed by atoms with Crippen LogP contribution in [0.3, 0.4) is 0 Å². The van der Waals surface area contributed by atoms with Crippen LogP contribution >= 0.6 is 15.9 Å². The van der Waals surface area contributed by atoms with Gasteiger partial charge in [0.15, 0.2) is 11.5 Å². The number of nitrogens with one attached hydrogen (secondary N) is 1. The number of halogens is 1. The van der Waals surface area contributed by atoms with Crippen molar-refractivity contribution in [2.45, 2.75) is 6.10 Å². The zero-order chi connectivity index (χ0) is 12.0. The zero-order valence-electron chi connectivity index (χ0n) is 8.36. The fourth-order valence-corrected chi connectivity index (χ4v) is 2.29. The van der Waals surface area contributed by atoms with Gasteiger partial charge in [0, 0.05) is 5.56 Å². The van der Waals surface area contributed by atoms with Crippen molar-refractivity contribution in [3.05, 3.63) is 22.2 Å². The van der Waals surface area contributed by atoms with Crippen molar-refractivity contribution in [2.24, 2.45) is 0 Å². The maximum Gasteiger partial charge on any atom is 0.415 e. The SMILES string of the molecule is O=C1NC(=O)C(c2cc(Br)c3c(c2)OCO3)O1. The molecule has 1 N–H and O–H groups in total. The molecule has 0 radical (unpaired) electrons. The normalized spacial score (nSPS) is 21.4. The quantitative estimate of drug-likeness (QED) is 0.850. The van der Waals surface area contributed by atoms with Gasteiger partial charge in [-0.05, 0) is 28.1 Å². The van der Waals surface area contributed by atoms with Gasteiger partial charge in [-0.2, -0.15) is 0 Å². The Bertz CT molecular complexity index is 530. The van der Waals surface area contributed by atoms with Gasteiger partial charge < -0.3 is 14.2 Å². The first-order valence-corrected chi connectivity index (χ1v) is 5.55. The van der Waals surface area contributed by atoms with Crippen LogP contribution in [0.25, 0.3) is 0 Å². The first-order chi connectivity index (χ1) is 8.15. The predicted molar refractivity (Wildman–Crippen MR) is 57.6 cm³/mol. The molecule has 7 heteroatoms. The average Bonchev–Trinajstić information content (AvgIpc) is 2.84. The van der Waals surface area contributed by atoms with Crippen LogP contribution in [-0.4, -0.2) is 18.8 Å². The lowest BCUT2D eigenvalue weighted by Gasteiger charge is -2.08. The molecular formula is C10H6BrNO5. The van der Waals surface area contributed by atoms with E-state index < -0.39 is 18.1 Å². The molecule has 2 heterocycles. The molecule has 0 aliphatic carbocycles. The molecule has 1 atom stereocenters. The lowest BCUT2D eigenvalue weighted by molar-refractivity contribution is -0.123. The lowest BCUT2D eigenvalue weighted by atomic mass is 10.1. The number of imide groups is 1. The van der Waals surface area contributed by atoms with E-state index in [-0.39, 0.29) is 6.79 Å². The van der Waals surface area contributed by atoms with Gasteiger partial charge in [-0.3, -0.25) is 10.1 Å². The number of cyclic esters (lactones) is 1. The third-order valence-corrected chi connectivity index (χ3v) is 3.03. The second-order valence-electron chi connectivity index (χ2n) is 3.51. The van der Waals surface area contributed by atoms with Gasteiger partial charge in [-0.25, -0.2) is 4.79 Å². The number of hydrogen-bond donors (Lipinski definition) is 1. The lowest BCUT2D eigenvalue weighted by Crippen LogP contribution is -2.20. The molecule has 0 spiro atoms. The Morgan fingerprint density at radius 1 is 1.29 bits per heavy atom. The van der Waals surface area contributed by atoms with E-state index >= 15 is 0 Å². The number of hydrogen-bond acceptors (Lipinski definition) is 5. The van der Waals surface area contributed by atoms with Crippen molar-refractivity contribution in [3.63, 3.8) is 0 Å². The second-order valence-corrected chi connectivity index (χ2v) is 4.37. The van der Waals surface area contributed by atoms with Gasteiger partial charge in [-0.15, -0.1) is 0 Å². The molecule has 0 aromatic heterocycles. The van der Waals surface area contributed by atoms with E-state index in [1.165, 1.54) is 0 Å². The molecule has 0 bridgehead atoms. The summed E-state index contributed by atoms with van der Waals surface area (Å²) in [5, 5.41) is 2.07. The Hall–Kier alpha value is -1.76. The summed E-state index contributed by atoms with van der Waals surface area (Å²) in [5.41, 5.74) is 0.532. The van der Waals surface area contributed by atoms with E-state index in [2.05, 4.69) is 21.2 Å². The summed E-state index contributed by atoms with van der Waals surface area (Å²) < 4.78 is 15.9. The van der Waals surface area contributed by atoms with E-state index in [9.17, 15) is 9.59 Å². The van der Waals surface area contributed by atoms with E-state index in [1.807, 2.05) is 0 Å². The van der Waals surface area contributed by atoms with Crippen LogP contribution in [-0.2, 0) is 9.53 Å². The Morgan fingerprint density at radius 2 is 2.12 bits per heavy atom. The number of alkyl carbamates (subject to hydrolysis) is 1. The number of fused-ring (bicyclic) bond motifs is 1. The number of rotatable bonds is 1. The van der Waals surface area contributed by atoms with Crippen molar-refractivity contribution in [1.82, 2.24) is 5.32 Å². The first kappa shape index (κ1) is 10.4. The van der Waals surface area contributed by atoms with Crippen LogP contribution in [0.5, 0.6) is 11.5 Å². The van der Waals surface area contributed by atoms with Gasteiger partial charge in [0.2, 0.25) is 12.9 Å². The Labute approximate surface area is 104 Å². The highest BCUT2D eigenvalue weighted by molar-refractivity contribution is 9.10. The summed E-state index contributed by atoms with van der Waals surface area (Å²) in [4.78, 5) is 22.4. The molecule has 2 aliphatic rings. The van der Waals surface area contributed by atoms with Crippen molar-refractivity contribution >= 4 is 27.9 Å². The maximum atomic E-state index is 11.5. The van der Waals surface area contributed by atoms with Crippen LogP contribution in [0, 0.1) is 0 Å². The van der Waals surface area contributed by atoms with Crippen molar-refractivity contribution in [2.75, 3.05) is 6.79 Å². The molecule has 2 amide bonds. The molecule has 3 rings (SSSR count). The summed E-state index contributed by atoms with van der Waals surface area (Å²) >= 11 is 3.30. The Morgan fingerprint density at radius 3 is 2.82 bits per heavy atom. The number of ether oxygens (including phenoxy) is 3. The molecule has 1 aromatic carbocycles. The number of amides is 2. The minimum absolute atomic E-state index is 0.133. The molecule has 88 valence electrons. The van der Waals surface area contributed by atoms with Gasteiger partial charge in [-0.1, -0.05) is 0 Å².